The van der Waals surface area contributed by atoms with Gasteiger partial charge in [-0.15, -0.1) is 0 Å². The van der Waals surface area contributed by atoms with Crippen molar-refractivity contribution in [3.8, 4) is 0 Å². The van der Waals surface area contributed by atoms with Gasteiger partial charge in [0, 0.05) is 25.7 Å². The highest BCUT2D eigenvalue weighted by Gasteiger charge is 2.34. The number of anilines is 3. The molecule has 1 aromatic heterocycles. The third kappa shape index (κ3) is 2.73. The standard InChI is InChI=1S/C13H21N5O/c1-2-5-15-11-6-12(17-13(14)16-11)18-7-9-3-4-10(8-18)19-9/h6,9-10H,2-5,7-8H2,1H3,(H3,14,15,16,17). The minimum atomic E-state index is 0.329. The summed E-state index contributed by atoms with van der Waals surface area (Å²) in [5.41, 5.74) is 5.80. The molecule has 2 fully saturated rings. The van der Waals surface area contributed by atoms with E-state index in [1.54, 1.807) is 0 Å². The third-order valence-electron chi connectivity index (χ3n) is 3.65. The molecule has 2 aliphatic rings. The number of nitrogens with two attached hydrogens (primary N) is 1. The molecule has 6 heteroatoms. The topological polar surface area (TPSA) is 76.3 Å². The van der Waals surface area contributed by atoms with Crippen LogP contribution in [-0.4, -0.2) is 41.8 Å². The third-order valence-corrected chi connectivity index (χ3v) is 3.65. The molecule has 0 saturated carbocycles. The van der Waals surface area contributed by atoms with Gasteiger partial charge >= 0.3 is 0 Å². The fourth-order valence-electron chi connectivity index (χ4n) is 2.76. The van der Waals surface area contributed by atoms with Crippen LogP contribution in [0.1, 0.15) is 26.2 Å². The Morgan fingerprint density at radius 1 is 1.37 bits per heavy atom. The van der Waals surface area contributed by atoms with Gasteiger partial charge < -0.3 is 20.7 Å². The Morgan fingerprint density at radius 2 is 2.11 bits per heavy atom. The Morgan fingerprint density at radius 3 is 2.79 bits per heavy atom. The molecule has 2 unspecified atom stereocenters. The average molecular weight is 263 g/mol. The van der Waals surface area contributed by atoms with Gasteiger partial charge in [-0.3, -0.25) is 0 Å². The monoisotopic (exact) mass is 263 g/mol. The summed E-state index contributed by atoms with van der Waals surface area (Å²) in [5.74, 6) is 2.05. The molecule has 6 nitrogen and oxygen atoms in total. The second kappa shape index (κ2) is 5.21. The molecule has 3 rings (SSSR count). The minimum absolute atomic E-state index is 0.329. The van der Waals surface area contributed by atoms with E-state index in [1.807, 2.05) is 6.07 Å². The summed E-state index contributed by atoms with van der Waals surface area (Å²) in [6.45, 7) is 4.82. The second-order valence-electron chi connectivity index (χ2n) is 5.26. The van der Waals surface area contributed by atoms with Crippen molar-refractivity contribution < 1.29 is 4.74 Å². The normalized spacial score (nSPS) is 25.6. The summed E-state index contributed by atoms with van der Waals surface area (Å²) in [4.78, 5) is 10.8. The highest BCUT2D eigenvalue weighted by molar-refractivity contribution is 5.53. The molecule has 0 radical (unpaired) electrons. The van der Waals surface area contributed by atoms with Crippen LogP contribution >= 0.6 is 0 Å². The maximum Gasteiger partial charge on any atom is 0.223 e. The molecule has 19 heavy (non-hydrogen) atoms. The quantitative estimate of drug-likeness (QED) is 0.851. The number of nitrogens with one attached hydrogen (secondary N) is 1. The van der Waals surface area contributed by atoms with Gasteiger partial charge in [0.05, 0.1) is 12.2 Å². The van der Waals surface area contributed by atoms with Crippen molar-refractivity contribution in [2.45, 2.75) is 38.4 Å². The zero-order valence-corrected chi connectivity index (χ0v) is 11.3. The van der Waals surface area contributed by atoms with Crippen LogP contribution in [0.15, 0.2) is 6.07 Å². The summed E-state index contributed by atoms with van der Waals surface area (Å²) in [7, 11) is 0. The average Bonchev–Trinajstić information content (AvgIpc) is 2.74. The lowest BCUT2D eigenvalue weighted by Crippen LogP contribution is -2.43. The summed E-state index contributed by atoms with van der Waals surface area (Å²) in [6.07, 6.45) is 4.07. The van der Waals surface area contributed by atoms with Gasteiger partial charge in [0.15, 0.2) is 0 Å². The molecule has 1 aromatic rings. The number of nitrogen functional groups attached to an aromatic ring is 1. The smallest absolute Gasteiger partial charge is 0.223 e. The van der Waals surface area contributed by atoms with Gasteiger partial charge in [0.1, 0.15) is 11.6 Å². The van der Waals surface area contributed by atoms with E-state index < -0.39 is 0 Å². The van der Waals surface area contributed by atoms with Crippen LogP contribution in [0, 0.1) is 0 Å². The molecular weight excluding hydrogens is 242 g/mol. The van der Waals surface area contributed by atoms with Crippen molar-refractivity contribution in [1.29, 1.82) is 0 Å². The first kappa shape index (κ1) is 12.5. The van der Waals surface area contributed by atoms with Crippen LogP contribution in [0.2, 0.25) is 0 Å². The van der Waals surface area contributed by atoms with Crippen molar-refractivity contribution in [3.63, 3.8) is 0 Å². The van der Waals surface area contributed by atoms with Crippen molar-refractivity contribution in [1.82, 2.24) is 9.97 Å². The lowest BCUT2D eigenvalue weighted by Gasteiger charge is -2.33. The number of morpholine rings is 1. The fraction of sp³-hybridized carbons (Fsp3) is 0.692. The molecule has 104 valence electrons. The first-order chi connectivity index (χ1) is 9.24. The summed E-state index contributed by atoms with van der Waals surface area (Å²) in [5, 5.41) is 3.26. The minimum Gasteiger partial charge on any atom is -0.371 e. The Labute approximate surface area is 113 Å². The molecule has 0 spiro atoms. The lowest BCUT2D eigenvalue weighted by atomic mass is 10.2. The van der Waals surface area contributed by atoms with Gasteiger partial charge in [0.25, 0.3) is 0 Å². The Bertz CT molecular complexity index is 441. The molecule has 2 bridgehead atoms. The van der Waals surface area contributed by atoms with Crippen LogP contribution in [0.5, 0.6) is 0 Å². The summed E-state index contributed by atoms with van der Waals surface area (Å²) in [6, 6.07) is 1.98. The van der Waals surface area contributed by atoms with E-state index >= 15 is 0 Å². The molecule has 2 aliphatic heterocycles. The maximum atomic E-state index is 5.84. The number of hydrogen-bond donors (Lipinski definition) is 2. The largest absolute Gasteiger partial charge is 0.371 e. The van der Waals surface area contributed by atoms with Gasteiger partial charge in [0.2, 0.25) is 5.95 Å². The lowest BCUT2D eigenvalue weighted by molar-refractivity contribution is 0.0302. The summed E-state index contributed by atoms with van der Waals surface area (Å²) >= 11 is 0. The van der Waals surface area contributed by atoms with Crippen molar-refractivity contribution in [2.75, 3.05) is 35.6 Å². The fourth-order valence-corrected chi connectivity index (χ4v) is 2.76. The number of fused-ring (bicyclic) bond motifs is 2. The molecule has 2 atom stereocenters. The van der Waals surface area contributed by atoms with E-state index in [1.165, 1.54) is 0 Å². The number of hydrogen-bond acceptors (Lipinski definition) is 6. The maximum absolute atomic E-state index is 5.84. The van der Waals surface area contributed by atoms with Crippen LogP contribution in [0.4, 0.5) is 17.6 Å². The van der Waals surface area contributed by atoms with E-state index in [4.69, 9.17) is 10.5 Å². The predicted octanol–water partition coefficient (Wildman–Crippen LogP) is 1.25. The zero-order chi connectivity index (χ0) is 13.2. The molecular formula is C13H21N5O. The van der Waals surface area contributed by atoms with E-state index in [9.17, 15) is 0 Å². The van der Waals surface area contributed by atoms with Gasteiger partial charge in [-0.1, -0.05) is 6.92 Å². The molecule has 0 amide bonds. The van der Waals surface area contributed by atoms with Crippen molar-refractivity contribution in [3.05, 3.63) is 6.07 Å². The molecule has 0 aliphatic carbocycles. The SMILES string of the molecule is CCCNc1cc(N2CC3CCC(C2)O3)nc(N)n1. The van der Waals surface area contributed by atoms with E-state index in [-0.39, 0.29) is 0 Å². The number of nitrogens with zero attached hydrogens (tertiary/aromatic N) is 3. The predicted molar refractivity (Wildman–Crippen MR) is 75.3 cm³/mol. The van der Waals surface area contributed by atoms with E-state index in [0.717, 1.165) is 50.5 Å². The Kier molecular flexibility index (Phi) is 3.42. The van der Waals surface area contributed by atoms with Crippen molar-refractivity contribution in [2.24, 2.45) is 0 Å². The van der Waals surface area contributed by atoms with Gasteiger partial charge in [-0.2, -0.15) is 9.97 Å². The number of aromatic nitrogens is 2. The highest BCUT2D eigenvalue weighted by atomic mass is 16.5. The van der Waals surface area contributed by atoms with Gasteiger partial charge in [-0.25, -0.2) is 0 Å². The Balaban J connectivity index is 1.77. The van der Waals surface area contributed by atoms with Crippen LogP contribution in [0.3, 0.4) is 0 Å². The highest BCUT2D eigenvalue weighted by Crippen LogP contribution is 2.29. The van der Waals surface area contributed by atoms with E-state index in [2.05, 4.69) is 27.1 Å². The first-order valence-electron chi connectivity index (χ1n) is 7.03. The van der Waals surface area contributed by atoms with E-state index in [0.29, 0.717) is 18.2 Å². The van der Waals surface area contributed by atoms with Crippen LogP contribution in [0.25, 0.3) is 0 Å². The molecule has 3 heterocycles. The van der Waals surface area contributed by atoms with Gasteiger partial charge in [-0.05, 0) is 19.3 Å². The van der Waals surface area contributed by atoms with Crippen LogP contribution in [-0.2, 0) is 4.74 Å². The molecule has 3 N–H and O–H groups in total. The molecule has 2 saturated heterocycles. The Hall–Kier alpha value is -1.56. The van der Waals surface area contributed by atoms with Crippen LogP contribution < -0.4 is 16.0 Å². The number of rotatable bonds is 4. The summed E-state index contributed by atoms with van der Waals surface area (Å²) < 4.78 is 5.84. The first-order valence-corrected chi connectivity index (χ1v) is 7.03. The second-order valence-corrected chi connectivity index (χ2v) is 5.26. The zero-order valence-electron chi connectivity index (χ0n) is 11.3. The molecule has 0 aromatic carbocycles. The number of ether oxygens (including phenoxy) is 1. The van der Waals surface area contributed by atoms with Crippen molar-refractivity contribution >= 4 is 17.6 Å².